The molecular weight excluding hydrogens is 292 g/mol. The summed E-state index contributed by atoms with van der Waals surface area (Å²) in [6, 6.07) is 3.52. The molecule has 0 aliphatic carbocycles. The van der Waals surface area contributed by atoms with E-state index >= 15 is 0 Å². The van der Waals surface area contributed by atoms with Gasteiger partial charge in [0.25, 0.3) is 0 Å². The fourth-order valence-corrected chi connectivity index (χ4v) is 1.81. The summed E-state index contributed by atoms with van der Waals surface area (Å²) in [5, 5.41) is -0.932. The maximum atomic E-state index is 12.0. The summed E-state index contributed by atoms with van der Waals surface area (Å²) < 4.78 is 39.8. The van der Waals surface area contributed by atoms with E-state index in [1.54, 1.807) is 0 Å². The van der Waals surface area contributed by atoms with E-state index in [0.29, 0.717) is 11.1 Å². The monoisotopic (exact) mass is 300 g/mol. The van der Waals surface area contributed by atoms with Gasteiger partial charge in [-0.05, 0) is 30.2 Å². The molecule has 0 bridgehead atoms. The van der Waals surface area contributed by atoms with Gasteiger partial charge >= 0.3 is 6.36 Å². The van der Waals surface area contributed by atoms with Crippen LogP contribution in [0.2, 0.25) is 0 Å². The molecule has 0 aliphatic rings. The van der Waals surface area contributed by atoms with Crippen molar-refractivity contribution in [3.8, 4) is 5.75 Å². The number of ether oxygens (including phenoxy) is 1. The molecule has 100 valence electrons. The van der Waals surface area contributed by atoms with Crippen LogP contribution in [0.4, 0.5) is 13.2 Å². The Hall–Kier alpha value is -0.940. The molecule has 0 saturated heterocycles. The van der Waals surface area contributed by atoms with Gasteiger partial charge < -0.3 is 4.74 Å². The van der Waals surface area contributed by atoms with E-state index < -0.39 is 17.5 Å². The Morgan fingerprint density at radius 3 is 2.50 bits per heavy atom. The van der Waals surface area contributed by atoms with Gasteiger partial charge in [0, 0.05) is 5.88 Å². The van der Waals surface area contributed by atoms with Crippen LogP contribution in [0.15, 0.2) is 18.2 Å². The molecule has 0 N–H and O–H groups in total. The number of rotatable bonds is 4. The Bertz CT molecular complexity index is 446. The number of Topliss-reactive ketones (excluding diaryl/α,β-unsaturated/α-hetero) is 1. The van der Waals surface area contributed by atoms with Crippen LogP contribution in [0.1, 0.15) is 23.4 Å². The second-order valence-electron chi connectivity index (χ2n) is 3.52. The van der Waals surface area contributed by atoms with Gasteiger partial charge in [0.15, 0.2) is 5.78 Å². The summed E-state index contributed by atoms with van der Waals surface area (Å²) in [6.45, 7) is 1.29. The number of hydrogen-bond acceptors (Lipinski definition) is 2. The minimum Gasteiger partial charge on any atom is -0.406 e. The molecule has 7 heteroatoms. The van der Waals surface area contributed by atoms with Crippen LogP contribution in [0.25, 0.3) is 0 Å². The first-order valence-electron chi connectivity index (χ1n) is 4.83. The van der Waals surface area contributed by atoms with E-state index in [4.69, 9.17) is 23.2 Å². The van der Waals surface area contributed by atoms with Crippen LogP contribution < -0.4 is 4.74 Å². The molecule has 0 saturated carbocycles. The third kappa shape index (κ3) is 4.07. The second-order valence-corrected chi connectivity index (χ2v) is 4.22. The summed E-state index contributed by atoms with van der Waals surface area (Å²) in [7, 11) is 0. The molecule has 1 unspecified atom stereocenters. The molecule has 0 spiro atoms. The summed E-state index contributed by atoms with van der Waals surface area (Å²) >= 11 is 11.5. The van der Waals surface area contributed by atoms with Crippen molar-refractivity contribution < 1.29 is 22.7 Å². The first kappa shape index (κ1) is 15.1. The fourth-order valence-electron chi connectivity index (χ4n) is 1.36. The highest BCUT2D eigenvalue weighted by Crippen LogP contribution is 2.31. The van der Waals surface area contributed by atoms with Crippen molar-refractivity contribution in [2.75, 3.05) is 0 Å². The summed E-state index contributed by atoms with van der Waals surface area (Å²) in [5.74, 6) is -0.775. The van der Waals surface area contributed by atoms with Crippen molar-refractivity contribution in [2.45, 2.75) is 24.5 Å². The average molecular weight is 301 g/mol. The van der Waals surface area contributed by atoms with Crippen molar-refractivity contribution in [2.24, 2.45) is 0 Å². The van der Waals surface area contributed by atoms with Crippen molar-refractivity contribution in [3.63, 3.8) is 0 Å². The number of carbonyl (C=O) groups excluding carboxylic acids is 1. The normalized spacial score (nSPS) is 13.2. The molecule has 0 heterocycles. The Kier molecular flexibility index (Phi) is 4.87. The van der Waals surface area contributed by atoms with Crippen molar-refractivity contribution in [3.05, 3.63) is 29.3 Å². The average Bonchev–Trinajstić information content (AvgIpc) is 2.25. The molecule has 1 rings (SSSR count). The smallest absolute Gasteiger partial charge is 0.406 e. The molecule has 0 radical (unpaired) electrons. The van der Waals surface area contributed by atoms with Gasteiger partial charge in [-0.3, -0.25) is 4.79 Å². The summed E-state index contributed by atoms with van der Waals surface area (Å²) in [5.41, 5.74) is 0.710. The molecule has 18 heavy (non-hydrogen) atoms. The predicted molar refractivity (Wildman–Crippen MR) is 62.0 cm³/mol. The zero-order chi connectivity index (χ0) is 13.9. The Labute approximate surface area is 112 Å². The molecule has 0 fully saturated rings. The number of ketones is 1. The van der Waals surface area contributed by atoms with Gasteiger partial charge in [0.1, 0.15) is 11.1 Å². The molecule has 0 aliphatic heterocycles. The maximum Gasteiger partial charge on any atom is 0.573 e. The first-order valence-corrected chi connectivity index (χ1v) is 5.80. The number of carbonyl (C=O) groups is 1. The number of hydrogen-bond donors (Lipinski definition) is 0. The molecule has 1 atom stereocenters. The van der Waals surface area contributed by atoms with Gasteiger partial charge in [-0.2, -0.15) is 0 Å². The summed E-state index contributed by atoms with van der Waals surface area (Å²) in [6.07, 6.45) is -4.77. The van der Waals surface area contributed by atoms with E-state index in [9.17, 15) is 18.0 Å². The van der Waals surface area contributed by atoms with Crippen LogP contribution in [0.3, 0.4) is 0 Å². The van der Waals surface area contributed by atoms with Gasteiger partial charge in [-0.25, -0.2) is 0 Å². The lowest BCUT2D eigenvalue weighted by Gasteiger charge is -2.14. The lowest BCUT2D eigenvalue weighted by Crippen LogP contribution is -2.17. The van der Waals surface area contributed by atoms with Crippen molar-refractivity contribution >= 4 is 29.0 Å². The second kappa shape index (κ2) is 5.80. The molecular formula is C11H9Cl2F3O2. The van der Waals surface area contributed by atoms with Crippen LogP contribution in [-0.4, -0.2) is 12.1 Å². The minimum atomic E-state index is -4.77. The standard InChI is InChI=1S/C11H9Cl2F3O2/c1-6(17)10(13)9-3-2-8(4-7(9)5-12)18-11(14,15)16/h2-4,10H,5H2,1H3. The molecule has 0 aromatic heterocycles. The molecule has 2 nitrogen and oxygen atoms in total. The Balaban J connectivity index is 3.07. The minimum absolute atomic E-state index is 0.0686. The first-order chi connectivity index (χ1) is 8.24. The van der Waals surface area contributed by atoms with Crippen LogP contribution in [-0.2, 0) is 10.7 Å². The third-order valence-electron chi connectivity index (χ3n) is 2.12. The largest absolute Gasteiger partial charge is 0.573 e. The van der Waals surface area contributed by atoms with Crippen LogP contribution in [0, 0.1) is 0 Å². The Morgan fingerprint density at radius 1 is 1.44 bits per heavy atom. The third-order valence-corrected chi connectivity index (χ3v) is 2.95. The molecule has 0 amide bonds. The Morgan fingerprint density at radius 2 is 2.06 bits per heavy atom. The van der Waals surface area contributed by atoms with E-state index in [1.807, 2.05) is 0 Å². The lowest BCUT2D eigenvalue weighted by molar-refractivity contribution is -0.274. The van der Waals surface area contributed by atoms with Crippen LogP contribution in [0.5, 0.6) is 5.75 Å². The topological polar surface area (TPSA) is 26.3 Å². The van der Waals surface area contributed by atoms with Gasteiger partial charge in [-0.1, -0.05) is 6.07 Å². The lowest BCUT2D eigenvalue weighted by atomic mass is 10.0. The quantitative estimate of drug-likeness (QED) is 0.779. The van der Waals surface area contributed by atoms with E-state index in [1.165, 1.54) is 13.0 Å². The molecule has 1 aromatic rings. The van der Waals surface area contributed by atoms with E-state index in [-0.39, 0.29) is 11.7 Å². The van der Waals surface area contributed by atoms with E-state index in [2.05, 4.69) is 4.74 Å². The summed E-state index contributed by atoms with van der Waals surface area (Å²) in [4.78, 5) is 11.1. The number of halogens is 5. The highest BCUT2D eigenvalue weighted by atomic mass is 35.5. The van der Waals surface area contributed by atoms with Crippen LogP contribution >= 0.6 is 23.2 Å². The zero-order valence-electron chi connectivity index (χ0n) is 9.22. The van der Waals surface area contributed by atoms with Crippen molar-refractivity contribution in [1.29, 1.82) is 0 Å². The van der Waals surface area contributed by atoms with Gasteiger partial charge in [0.05, 0.1) is 0 Å². The predicted octanol–water partition coefficient (Wildman–Crippen LogP) is 4.19. The maximum absolute atomic E-state index is 12.0. The number of benzene rings is 1. The SMILES string of the molecule is CC(=O)C(Cl)c1ccc(OC(F)(F)F)cc1CCl. The fraction of sp³-hybridized carbons (Fsp3) is 0.364. The van der Waals surface area contributed by atoms with E-state index in [0.717, 1.165) is 12.1 Å². The van der Waals surface area contributed by atoms with Crippen molar-refractivity contribution in [1.82, 2.24) is 0 Å². The van der Waals surface area contributed by atoms with Gasteiger partial charge in [-0.15, -0.1) is 36.4 Å². The number of alkyl halides is 5. The highest BCUT2D eigenvalue weighted by Gasteiger charge is 2.31. The zero-order valence-corrected chi connectivity index (χ0v) is 10.7. The molecule has 1 aromatic carbocycles. The highest BCUT2D eigenvalue weighted by molar-refractivity contribution is 6.31. The van der Waals surface area contributed by atoms with Gasteiger partial charge in [0.2, 0.25) is 0 Å².